The van der Waals surface area contributed by atoms with Crippen molar-refractivity contribution >= 4 is 17.6 Å². The smallest absolute Gasteiger partial charge is 0.323 e. The van der Waals surface area contributed by atoms with Gasteiger partial charge >= 0.3 is 5.97 Å². The molecule has 0 atom stereocenters. The minimum absolute atomic E-state index is 0.293. The Morgan fingerprint density at radius 2 is 1.76 bits per heavy atom. The van der Waals surface area contributed by atoms with E-state index in [0.29, 0.717) is 24.5 Å². The summed E-state index contributed by atoms with van der Waals surface area (Å²) in [6, 6.07) is 13.5. The first-order valence-electron chi connectivity index (χ1n) is 8.04. The molecule has 2 aromatic carbocycles. The molecule has 1 N–H and O–H groups in total. The van der Waals surface area contributed by atoms with E-state index >= 15 is 0 Å². The van der Waals surface area contributed by atoms with E-state index in [9.17, 15) is 9.59 Å². The lowest BCUT2D eigenvalue weighted by atomic mass is 9.98. The van der Waals surface area contributed by atoms with E-state index in [-0.39, 0.29) is 0 Å². The van der Waals surface area contributed by atoms with Gasteiger partial charge in [0.1, 0.15) is 6.54 Å². The van der Waals surface area contributed by atoms with Crippen molar-refractivity contribution in [3.05, 3.63) is 53.6 Å². The summed E-state index contributed by atoms with van der Waals surface area (Å²) in [6.07, 6.45) is 0. The zero-order chi connectivity index (χ0) is 17.6. The number of carboxylic acids is 1. The van der Waals surface area contributed by atoms with Gasteiger partial charge in [-0.25, -0.2) is 0 Å². The number of hydrogen-bond donors (Lipinski definition) is 1. The Balaban J connectivity index is 1.84. The Morgan fingerprint density at radius 3 is 2.40 bits per heavy atom. The van der Waals surface area contributed by atoms with E-state index in [1.54, 1.807) is 6.07 Å². The summed E-state index contributed by atoms with van der Waals surface area (Å²) in [5.74, 6) is -3.09. The highest BCUT2D eigenvalue weighted by Crippen LogP contribution is 2.46. The Kier molecular flexibility index (Phi) is 3.59. The average Bonchev–Trinajstić information content (AvgIpc) is 3.17. The van der Waals surface area contributed by atoms with Crippen LogP contribution in [0.15, 0.2) is 42.5 Å². The van der Waals surface area contributed by atoms with E-state index in [1.165, 1.54) is 4.90 Å². The van der Waals surface area contributed by atoms with Gasteiger partial charge in [-0.1, -0.05) is 35.9 Å². The number of carboxylic acid groups (broad SMARTS) is 1. The lowest BCUT2D eigenvalue weighted by molar-refractivity contribution is -0.181. The van der Waals surface area contributed by atoms with Crippen LogP contribution in [0.3, 0.4) is 0 Å². The third-order valence-electron chi connectivity index (χ3n) is 4.54. The molecule has 2 aliphatic heterocycles. The summed E-state index contributed by atoms with van der Waals surface area (Å²) in [4.78, 5) is 25.2. The van der Waals surface area contributed by atoms with Crippen LogP contribution in [0.5, 0.6) is 0 Å². The molecule has 0 unspecified atom stereocenters. The van der Waals surface area contributed by atoms with Crippen molar-refractivity contribution in [3.8, 4) is 11.1 Å². The maximum absolute atomic E-state index is 12.8. The first-order chi connectivity index (χ1) is 12.0. The van der Waals surface area contributed by atoms with Crippen LogP contribution in [0.1, 0.15) is 11.1 Å². The van der Waals surface area contributed by atoms with Crippen molar-refractivity contribution < 1.29 is 24.2 Å². The Bertz CT molecular complexity index is 853. The van der Waals surface area contributed by atoms with Gasteiger partial charge in [0.25, 0.3) is 11.7 Å². The highest BCUT2D eigenvalue weighted by Gasteiger charge is 2.56. The second-order valence-electron chi connectivity index (χ2n) is 6.20. The second kappa shape index (κ2) is 5.68. The second-order valence-corrected chi connectivity index (χ2v) is 6.20. The number of hydrogen-bond acceptors (Lipinski definition) is 4. The topological polar surface area (TPSA) is 76.1 Å². The quantitative estimate of drug-likeness (QED) is 0.928. The fourth-order valence-corrected chi connectivity index (χ4v) is 3.35. The van der Waals surface area contributed by atoms with Crippen molar-refractivity contribution in [1.29, 1.82) is 0 Å². The lowest BCUT2D eigenvalue weighted by Gasteiger charge is -2.21. The van der Waals surface area contributed by atoms with Gasteiger partial charge < -0.3 is 14.6 Å². The molecule has 0 aliphatic carbocycles. The van der Waals surface area contributed by atoms with Gasteiger partial charge in [0.2, 0.25) is 0 Å². The Hall–Kier alpha value is -2.70. The number of nitrogens with zero attached hydrogens (tertiary/aromatic N) is 1. The van der Waals surface area contributed by atoms with Crippen LogP contribution >= 0.6 is 0 Å². The number of amides is 1. The molecule has 2 aliphatic rings. The number of fused-ring (bicyclic) bond motifs is 2. The van der Waals surface area contributed by atoms with E-state index in [4.69, 9.17) is 14.6 Å². The molecular formula is C19H17NO5. The first-order valence-corrected chi connectivity index (χ1v) is 8.04. The van der Waals surface area contributed by atoms with Crippen LogP contribution in [0.2, 0.25) is 0 Å². The molecule has 0 radical (unpaired) electrons. The average molecular weight is 339 g/mol. The van der Waals surface area contributed by atoms with Gasteiger partial charge in [-0.05, 0) is 30.2 Å². The summed E-state index contributed by atoms with van der Waals surface area (Å²) in [7, 11) is 0. The molecule has 128 valence electrons. The standard InChI is InChI=1S/C19H17NO5/c1-12-2-4-13(5-3-12)14-6-7-16-15(10-14)19(24-8-9-25-19)18(23)20(16)11-17(21)22/h2-7,10H,8-9,11H2,1H3,(H,21,22). The van der Waals surface area contributed by atoms with Crippen molar-refractivity contribution in [2.75, 3.05) is 24.7 Å². The molecule has 0 aromatic heterocycles. The van der Waals surface area contributed by atoms with Crippen LogP contribution in [-0.4, -0.2) is 36.7 Å². The number of rotatable bonds is 3. The van der Waals surface area contributed by atoms with Crippen LogP contribution in [0.25, 0.3) is 11.1 Å². The summed E-state index contributed by atoms with van der Waals surface area (Å²) < 4.78 is 11.3. The molecule has 0 bridgehead atoms. The van der Waals surface area contributed by atoms with E-state index in [2.05, 4.69) is 0 Å². The molecule has 1 amide bonds. The number of carbonyl (C=O) groups excluding carboxylic acids is 1. The summed E-state index contributed by atoms with van der Waals surface area (Å²) >= 11 is 0. The van der Waals surface area contributed by atoms with E-state index in [1.807, 2.05) is 43.3 Å². The fraction of sp³-hybridized carbons (Fsp3) is 0.263. The molecule has 1 spiro atoms. The van der Waals surface area contributed by atoms with Gasteiger partial charge in [0, 0.05) is 5.56 Å². The van der Waals surface area contributed by atoms with Gasteiger partial charge in [-0.15, -0.1) is 0 Å². The SMILES string of the molecule is Cc1ccc(-c2ccc3c(c2)C2(OCCO2)C(=O)N3CC(=O)O)cc1. The maximum Gasteiger partial charge on any atom is 0.323 e. The van der Waals surface area contributed by atoms with E-state index < -0.39 is 24.2 Å². The summed E-state index contributed by atoms with van der Waals surface area (Å²) in [6.45, 7) is 2.18. The van der Waals surface area contributed by atoms with Crippen LogP contribution in [0, 0.1) is 6.92 Å². The van der Waals surface area contributed by atoms with E-state index in [0.717, 1.165) is 16.7 Å². The fourth-order valence-electron chi connectivity index (χ4n) is 3.35. The van der Waals surface area contributed by atoms with Crippen molar-refractivity contribution in [3.63, 3.8) is 0 Å². The van der Waals surface area contributed by atoms with Crippen LogP contribution in [-0.2, 0) is 24.8 Å². The number of carbonyl (C=O) groups is 2. The van der Waals surface area contributed by atoms with Gasteiger partial charge in [0.15, 0.2) is 0 Å². The maximum atomic E-state index is 12.8. The van der Waals surface area contributed by atoms with Gasteiger partial charge in [-0.2, -0.15) is 0 Å². The van der Waals surface area contributed by atoms with Gasteiger partial charge in [-0.3, -0.25) is 14.5 Å². The molecule has 25 heavy (non-hydrogen) atoms. The third-order valence-corrected chi connectivity index (χ3v) is 4.54. The predicted octanol–water partition coefficient (Wildman–Crippen LogP) is 2.29. The minimum Gasteiger partial charge on any atom is -0.480 e. The monoisotopic (exact) mass is 339 g/mol. The normalized spacial score (nSPS) is 18.0. The molecule has 1 fully saturated rings. The minimum atomic E-state index is -1.52. The Morgan fingerprint density at radius 1 is 1.12 bits per heavy atom. The van der Waals surface area contributed by atoms with Crippen molar-refractivity contribution in [2.24, 2.45) is 0 Å². The molecule has 0 saturated carbocycles. The molecule has 6 nitrogen and oxygen atoms in total. The number of anilines is 1. The van der Waals surface area contributed by atoms with Crippen LogP contribution in [0.4, 0.5) is 5.69 Å². The number of ether oxygens (including phenoxy) is 2. The number of aliphatic carboxylic acids is 1. The van der Waals surface area contributed by atoms with Crippen LogP contribution < -0.4 is 4.90 Å². The third kappa shape index (κ3) is 2.42. The largest absolute Gasteiger partial charge is 0.480 e. The zero-order valence-corrected chi connectivity index (χ0v) is 13.7. The van der Waals surface area contributed by atoms with Crippen molar-refractivity contribution in [1.82, 2.24) is 0 Å². The molecule has 2 aromatic rings. The first kappa shape index (κ1) is 15.8. The van der Waals surface area contributed by atoms with Gasteiger partial charge in [0.05, 0.1) is 18.9 Å². The number of benzene rings is 2. The Labute approximate surface area is 144 Å². The summed E-state index contributed by atoms with van der Waals surface area (Å²) in [5.41, 5.74) is 4.17. The van der Waals surface area contributed by atoms with Crippen molar-refractivity contribution in [2.45, 2.75) is 12.7 Å². The highest BCUT2D eigenvalue weighted by atomic mass is 16.7. The lowest BCUT2D eigenvalue weighted by Crippen LogP contribution is -2.43. The molecule has 1 saturated heterocycles. The molecule has 6 heteroatoms. The molecule has 2 heterocycles. The highest BCUT2D eigenvalue weighted by molar-refractivity contribution is 6.08. The number of aryl methyl sites for hydroxylation is 1. The zero-order valence-electron chi connectivity index (χ0n) is 13.7. The molecular weight excluding hydrogens is 322 g/mol. The molecule has 4 rings (SSSR count). The predicted molar refractivity (Wildman–Crippen MR) is 90.2 cm³/mol. The summed E-state index contributed by atoms with van der Waals surface area (Å²) in [5, 5.41) is 9.13.